The predicted molar refractivity (Wildman–Crippen MR) is 102 cm³/mol. The minimum absolute atomic E-state index is 0.152. The van der Waals surface area contributed by atoms with E-state index >= 15 is 0 Å². The molecule has 7 heteroatoms. The van der Waals surface area contributed by atoms with Gasteiger partial charge >= 0.3 is 0 Å². The number of aryl methyl sites for hydroxylation is 3. The van der Waals surface area contributed by atoms with Crippen LogP contribution in [0.5, 0.6) is 0 Å². The van der Waals surface area contributed by atoms with Gasteiger partial charge in [0.1, 0.15) is 5.82 Å². The van der Waals surface area contributed by atoms with Crippen LogP contribution < -0.4 is 4.67 Å². The maximum Gasteiger partial charge on any atom is 0.296 e. The van der Waals surface area contributed by atoms with Gasteiger partial charge in [0, 0.05) is 12.2 Å². The topological polar surface area (TPSA) is 59.5 Å². The Balaban J connectivity index is 1.55. The molecule has 134 valence electrons. The lowest BCUT2D eigenvalue weighted by atomic mass is 10.1. The fourth-order valence-electron chi connectivity index (χ4n) is 2.84. The maximum atomic E-state index is 12.1. The van der Waals surface area contributed by atoms with Crippen molar-refractivity contribution in [2.45, 2.75) is 37.5 Å². The normalized spacial score (nSPS) is 14.4. The second-order valence-corrected chi connectivity index (χ2v) is 8.51. The molecule has 1 aliphatic rings. The third-order valence-electron chi connectivity index (χ3n) is 4.26. The van der Waals surface area contributed by atoms with Crippen LogP contribution in [-0.4, -0.2) is 26.6 Å². The van der Waals surface area contributed by atoms with E-state index < -0.39 is 10.1 Å². The van der Waals surface area contributed by atoms with Gasteiger partial charge in [-0.05, 0) is 65.8 Å². The van der Waals surface area contributed by atoms with Gasteiger partial charge in [0.15, 0.2) is 0 Å². The molecule has 1 atom stereocenters. The van der Waals surface area contributed by atoms with E-state index in [4.69, 9.17) is 9.17 Å². The van der Waals surface area contributed by atoms with E-state index in [2.05, 4.69) is 20.1 Å². The summed E-state index contributed by atoms with van der Waals surface area (Å²) in [5.41, 5.74) is 3.24. The van der Waals surface area contributed by atoms with Gasteiger partial charge in [0.25, 0.3) is 10.1 Å². The first-order valence-electron chi connectivity index (χ1n) is 8.43. The van der Waals surface area contributed by atoms with Crippen molar-refractivity contribution < 1.29 is 12.6 Å². The van der Waals surface area contributed by atoms with E-state index in [0.29, 0.717) is 12.8 Å². The molecule has 0 amide bonds. The molecular formula is C18H23N2O3PS. The number of fused-ring (bicyclic) bond motifs is 1. The molecule has 0 saturated heterocycles. The van der Waals surface area contributed by atoms with Gasteiger partial charge in [-0.15, -0.1) is 0 Å². The fourth-order valence-corrected chi connectivity index (χ4v) is 4.19. The van der Waals surface area contributed by atoms with Gasteiger partial charge in [-0.1, -0.05) is 23.8 Å². The molecule has 0 saturated carbocycles. The van der Waals surface area contributed by atoms with Crippen LogP contribution in [0.15, 0.2) is 41.3 Å². The van der Waals surface area contributed by atoms with Gasteiger partial charge < -0.3 is 4.67 Å². The number of anilines is 1. The highest BCUT2D eigenvalue weighted by Gasteiger charge is 2.16. The average Bonchev–Trinajstić information content (AvgIpc) is 2.60. The minimum atomic E-state index is -3.69. The number of hydrogen-bond acceptors (Lipinski definition) is 5. The van der Waals surface area contributed by atoms with Gasteiger partial charge in [-0.25, -0.2) is 4.98 Å². The number of hydrogen-bond donors (Lipinski definition) is 0. The molecule has 25 heavy (non-hydrogen) atoms. The first-order chi connectivity index (χ1) is 12.0. The number of aromatic nitrogens is 1. The van der Waals surface area contributed by atoms with E-state index in [-0.39, 0.29) is 11.5 Å². The monoisotopic (exact) mass is 378 g/mol. The van der Waals surface area contributed by atoms with Crippen LogP contribution in [0.3, 0.4) is 0 Å². The van der Waals surface area contributed by atoms with E-state index in [1.807, 2.05) is 13.0 Å². The van der Waals surface area contributed by atoms with E-state index in [9.17, 15) is 8.42 Å². The Morgan fingerprint density at radius 2 is 1.96 bits per heavy atom. The van der Waals surface area contributed by atoms with Crippen LogP contribution >= 0.6 is 9.39 Å². The lowest BCUT2D eigenvalue weighted by molar-refractivity contribution is 0.312. The average molecular weight is 378 g/mol. The van der Waals surface area contributed by atoms with Crippen molar-refractivity contribution in [2.75, 3.05) is 17.8 Å². The maximum absolute atomic E-state index is 12.1. The van der Waals surface area contributed by atoms with Crippen molar-refractivity contribution in [1.29, 1.82) is 0 Å². The Morgan fingerprint density at radius 3 is 2.72 bits per heavy atom. The zero-order chi connectivity index (χ0) is 17.9. The summed E-state index contributed by atoms with van der Waals surface area (Å²) >= 11 is 0. The quantitative estimate of drug-likeness (QED) is 0.439. The summed E-state index contributed by atoms with van der Waals surface area (Å²) in [4.78, 5) is 4.89. The Bertz CT molecular complexity index is 838. The molecule has 0 fully saturated rings. The van der Waals surface area contributed by atoms with Crippen LogP contribution in [0, 0.1) is 6.92 Å². The predicted octanol–water partition coefficient (Wildman–Crippen LogP) is 3.27. The van der Waals surface area contributed by atoms with Crippen LogP contribution in [0.1, 0.15) is 29.7 Å². The molecule has 1 unspecified atom stereocenters. The summed E-state index contributed by atoms with van der Waals surface area (Å²) in [7, 11) is -0.974. The van der Waals surface area contributed by atoms with Crippen molar-refractivity contribution in [3.8, 4) is 0 Å². The zero-order valence-electron chi connectivity index (χ0n) is 14.3. The Labute approximate surface area is 151 Å². The van der Waals surface area contributed by atoms with E-state index in [1.165, 1.54) is 5.56 Å². The Kier molecular flexibility index (Phi) is 5.72. The molecule has 0 spiro atoms. The molecule has 1 aromatic carbocycles. The van der Waals surface area contributed by atoms with Gasteiger partial charge in [-0.2, -0.15) is 8.42 Å². The molecule has 5 nitrogen and oxygen atoms in total. The van der Waals surface area contributed by atoms with Gasteiger partial charge in [0.2, 0.25) is 0 Å². The molecule has 3 rings (SSSR count). The van der Waals surface area contributed by atoms with Crippen LogP contribution in [0.25, 0.3) is 0 Å². The van der Waals surface area contributed by atoms with Crippen LogP contribution in [-0.2, 0) is 27.1 Å². The third kappa shape index (κ3) is 4.57. The summed E-state index contributed by atoms with van der Waals surface area (Å²) in [6, 6.07) is 10.8. The van der Waals surface area contributed by atoms with Gasteiger partial charge in [0.05, 0.1) is 11.5 Å². The van der Waals surface area contributed by atoms with Gasteiger partial charge in [-0.3, -0.25) is 4.18 Å². The SMILES string of the molecule is Cc1ccc(S(=O)(=O)OCCCc2ccc3c(n2)N(P)CCC3)cc1. The van der Waals surface area contributed by atoms with Crippen LogP contribution in [0.4, 0.5) is 5.82 Å². The summed E-state index contributed by atoms with van der Waals surface area (Å²) in [6.45, 7) is 3.06. The van der Waals surface area contributed by atoms with E-state index in [1.54, 1.807) is 24.3 Å². The summed E-state index contributed by atoms with van der Waals surface area (Å²) in [5.74, 6) is 1.02. The third-order valence-corrected chi connectivity index (χ3v) is 6.09. The highest BCUT2D eigenvalue weighted by molar-refractivity contribution is 7.86. The van der Waals surface area contributed by atoms with Crippen molar-refractivity contribution in [3.05, 3.63) is 53.2 Å². The summed E-state index contributed by atoms with van der Waals surface area (Å²) in [5, 5.41) is 0. The largest absolute Gasteiger partial charge is 0.341 e. The molecule has 0 aliphatic carbocycles. The second kappa shape index (κ2) is 7.81. The lowest BCUT2D eigenvalue weighted by Crippen LogP contribution is -2.20. The first kappa shape index (κ1) is 18.3. The first-order valence-corrected chi connectivity index (χ1v) is 10.4. The molecule has 0 N–H and O–H groups in total. The number of benzene rings is 1. The molecule has 1 aromatic heterocycles. The fraction of sp³-hybridized carbons (Fsp3) is 0.389. The molecule has 0 bridgehead atoms. The van der Waals surface area contributed by atoms with E-state index in [0.717, 1.165) is 36.5 Å². The summed E-state index contributed by atoms with van der Waals surface area (Å²) in [6.07, 6.45) is 3.50. The van der Waals surface area contributed by atoms with Crippen LogP contribution in [0.2, 0.25) is 0 Å². The Morgan fingerprint density at radius 1 is 1.20 bits per heavy atom. The van der Waals surface area contributed by atoms with Crippen molar-refractivity contribution in [3.63, 3.8) is 0 Å². The highest BCUT2D eigenvalue weighted by Crippen LogP contribution is 2.27. The summed E-state index contributed by atoms with van der Waals surface area (Å²) < 4.78 is 31.5. The van der Waals surface area contributed by atoms with Crippen molar-refractivity contribution in [2.24, 2.45) is 0 Å². The second-order valence-electron chi connectivity index (χ2n) is 6.27. The molecular weight excluding hydrogens is 355 g/mol. The number of pyridine rings is 1. The molecule has 0 radical (unpaired) electrons. The minimum Gasteiger partial charge on any atom is -0.341 e. The molecule has 2 heterocycles. The van der Waals surface area contributed by atoms with Crippen molar-refractivity contribution in [1.82, 2.24) is 4.98 Å². The Hall–Kier alpha value is -1.49. The number of rotatable bonds is 6. The molecule has 2 aromatic rings. The standard InChI is InChI=1S/C18H23N2O3PS/c1-14-6-10-17(11-7-14)25(21,22)23-13-3-5-16-9-8-15-4-2-12-20(24)18(15)19-16/h6-11H,2-5,12-13,24H2,1H3. The lowest BCUT2D eigenvalue weighted by Gasteiger charge is -2.26. The number of nitrogens with zero attached hydrogens (tertiary/aromatic N) is 2. The molecule has 1 aliphatic heterocycles. The zero-order valence-corrected chi connectivity index (χ0v) is 16.3. The van der Waals surface area contributed by atoms with Crippen molar-refractivity contribution >= 4 is 25.3 Å². The highest BCUT2D eigenvalue weighted by atomic mass is 32.2. The smallest absolute Gasteiger partial charge is 0.296 e.